The van der Waals surface area contributed by atoms with Gasteiger partial charge in [-0.3, -0.25) is 4.79 Å². The predicted molar refractivity (Wildman–Crippen MR) is 89.6 cm³/mol. The zero-order valence-corrected chi connectivity index (χ0v) is 14.2. The SMILES string of the molecule is CNC[C@@H]1Oc2ccc(N(C)C)cc2CC(=O)N(C)C[C@H]1C. The van der Waals surface area contributed by atoms with Gasteiger partial charge in [-0.1, -0.05) is 6.92 Å². The third kappa shape index (κ3) is 3.71. The standard InChI is InChI=1S/C17H27N3O2/c1-12-11-20(5)17(21)9-13-8-14(19(3)4)6-7-15(13)22-16(12)10-18-2/h6-8,12,16,18H,9-11H2,1-5H3/t12-,16+/m1/s1. The Morgan fingerprint density at radius 3 is 2.77 bits per heavy atom. The molecule has 0 saturated heterocycles. The van der Waals surface area contributed by atoms with E-state index in [9.17, 15) is 4.79 Å². The number of hydrogen-bond acceptors (Lipinski definition) is 4. The Hall–Kier alpha value is -1.75. The minimum Gasteiger partial charge on any atom is -0.488 e. The molecule has 0 aliphatic carbocycles. The van der Waals surface area contributed by atoms with Crippen molar-refractivity contribution in [3.63, 3.8) is 0 Å². The summed E-state index contributed by atoms with van der Waals surface area (Å²) >= 11 is 0. The van der Waals surface area contributed by atoms with E-state index in [1.54, 1.807) is 0 Å². The van der Waals surface area contributed by atoms with Crippen molar-refractivity contribution in [2.75, 3.05) is 46.2 Å². The number of benzene rings is 1. The number of fused-ring (bicyclic) bond motifs is 1. The van der Waals surface area contributed by atoms with Crippen LogP contribution in [0, 0.1) is 5.92 Å². The smallest absolute Gasteiger partial charge is 0.226 e. The lowest BCUT2D eigenvalue weighted by atomic mass is 10.0. The predicted octanol–water partition coefficient (Wildman–Crippen LogP) is 1.37. The molecule has 1 heterocycles. The van der Waals surface area contributed by atoms with Gasteiger partial charge in [-0.15, -0.1) is 0 Å². The van der Waals surface area contributed by atoms with Crippen molar-refractivity contribution in [3.05, 3.63) is 23.8 Å². The molecule has 1 aliphatic heterocycles. The average Bonchev–Trinajstić information content (AvgIpc) is 2.50. The van der Waals surface area contributed by atoms with Crippen LogP contribution in [0.3, 0.4) is 0 Å². The molecule has 2 atom stereocenters. The molecule has 5 heteroatoms. The molecule has 0 saturated carbocycles. The minimum atomic E-state index is 0.0438. The number of nitrogens with one attached hydrogen (secondary N) is 1. The monoisotopic (exact) mass is 305 g/mol. The van der Waals surface area contributed by atoms with E-state index < -0.39 is 0 Å². The summed E-state index contributed by atoms with van der Waals surface area (Å²) in [5, 5.41) is 3.19. The van der Waals surface area contributed by atoms with Gasteiger partial charge in [0.1, 0.15) is 11.9 Å². The third-order valence-corrected chi connectivity index (χ3v) is 4.21. The summed E-state index contributed by atoms with van der Waals surface area (Å²) in [7, 11) is 7.79. The van der Waals surface area contributed by atoms with Crippen LogP contribution >= 0.6 is 0 Å². The Bertz CT molecular complexity index is 531. The lowest BCUT2D eigenvalue weighted by Crippen LogP contribution is -2.41. The summed E-state index contributed by atoms with van der Waals surface area (Å²) < 4.78 is 6.24. The number of anilines is 1. The maximum Gasteiger partial charge on any atom is 0.226 e. The number of ether oxygens (including phenoxy) is 1. The fourth-order valence-corrected chi connectivity index (χ4v) is 2.77. The maximum atomic E-state index is 12.4. The zero-order chi connectivity index (χ0) is 16.3. The molecule has 1 aromatic carbocycles. The van der Waals surface area contributed by atoms with Gasteiger partial charge < -0.3 is 19.9 Å². The van der Waals surface area contributed by atoms with Crippen molar-refractivity contribution >= 4 is 11.6 Å². The second kappa shape index (κ2) is 7.01. The van der Waals surface area contributed by atoms with E-state index in [2.05, 4.69) is 12.2 Å². The quantitative estimate of drug-likeness (QED) is 0.916. The molecule has 1 N–H and O–H groups in total. The number of rotatable bonds is 3. The van der Waals surface area contributed by atoms with Crippen molar-refractivity contribution in [1.29, 1.82) is 0 Å². The van der Waals surface area contributed by atoms with Gasteiger partial charge in [0.2, 0.25) is 5.91 Å². The van der Waals surface area contributed by atoms with E-state index >= 15 is 0 Å². The average molecular weight is 305 g/mol. The van der Waals surface area contributed by atoms with Crippen LogP contribution < -0.4 is 15.0 Å². The van der Waals surface area contributed by atoms with Gasteiger partial charge in [-0.2, -0.15) is 0 Å². The van der Waals surface area contributed by atoms with Gasteiger partial charge >= 0.3 is 0 Å². The van der Waals surface area contributed by atoms with Crippen LogP contribution in [0.1, 0.15) is 12.5 Å². The summed E-state index contributed by atoms with van der Waals surface area (Å²) in [5.74, 6) is 1.22. The van der Waals surface area contributed by atoms with Gasteiger partial charge in [0.15, 0.2) is 0 Å². The first-order valence-electron chi connectivity index (χ1n) is 7.77. The first-order chi connectivity index (χ1) is 10.4. The van der Waals surface area contributed by atoms with Gasteiger partial charge in [0, 0.05) is 51.4 Å². The Labute approximate surface area is 133 Å². The second-order valence-corrected chi connectivity index (χ2v) is 6.33. The third-order valence-electron chi connectivity index (χ3n) is 4.21. The van der Waals surface area contributed by atoms with E-state index in [0.717, 1.165) is 23.5 Å². The van der Waals surface area contributed by atoms with Crippen LogP contribution in [0.15, 0.2) is 18.2 Å². The molecule has 0 aromatic heterocycles. The normalized spacial score (nSPS) is 22.2. The highest BCUT2D eigenvalue weighted by molar-refractivity contribution is 5.80. The molecule has 22 heavy (non-hydrogen) atoms. The molecule has 0 spiro atoms. The second-order valence-electron chi connectivity index (χ2n) is 6.33. The van der Waals surface area contributed by atoms with Crippen molar-refractivity contribution < 1.29 is 9.53 Å². The van der Waals surface area contributed by atoms with Gasteiger partial charge in [-0.25, -0.2) is 0 Å². The van der Waals surface area contributed by atoms with Crippen LogP contribution in [-0.2, 0) is 11.2 Å². The summed E-state index contributed by atoms with van der Waals surface area (Å²) in [6.07, 6.45) is 0.425. The Morgan fingerprint density at radius 1 is 1.41 bits per heavy atom. The zero-order valence-electron chi connectivity index (χ0n) is 14.2. The van der Waals surface area contributed by atoms with E-state index in [0.29, 0.717) is 13.0 Å². The molecule has 122 valence electrons. The van der Waals surface area contributed by atoms with Crippen molar-refractivity contribution in [1.82, 2.24) is 10.2 Å². The lowest BCUT2D eigenvalue weighted by Gasteiger charge is -2.27. The van der Waals surface area contributed by atoms with Gasteiger partial charge in [0.05, 0.1) is 6.42 Å². The fraction of sp³-hybridized carbons (Fsp3) is 0.588. The lowest BCUT2D eigenvalue weighted by molar-refractivity contribution is -0.129. The van der Waals surface area contributed by atoms with E-state index in [1.165, 1.54) is 0 Å². The van der Waals surface area contributed by atoms with Crippen molar-refractivity contribution in [2.24, 2.45) is 5.92 Å². The molecule has 1 amide bonds. The van der Waals surface area contributed by atoms with Crippen LogP contribution in [0.5, 0.6) is 5.75 Å². The number of nitrogens with zero attached hydrogens (tertiary/aromatic N) is 2. The Balaban J connectivity index is 2.40. The first kappa shape index (κ1) is 16.6. The summed E-state index contributed by atoms with van der Waals surface area (Å²) in [6.45, 7) is 3.60. The first-order valence-corrected chi connectivity index (χ1v) is 7.77. The molecule has 0 unspecified atom stereocenters. The largest absolute Gasteiger partial charge is 0.488 e. The van der Waals surface area contributed by atoms with Crippen LogP contribution in [0.2, 0.25) is 0 Å². The molecule has 2 rings (SSSR count). The highest BCUT2D eigenvalue weighted by Crippen LogP contribution is 2.28. The topological polar surface area (TPSA) is 44.8 Å². The van der Waals surface area contributed by atoms with Crippen molar-refractivity contribution in [2.45, 2.75) is 19.4 Å². The van der Waals surface area contributed by atoms with Gasteiger partial charge in [0.25, 0.3) is 0 Å². The number of likely N-dealkylation sites (N-methyl/N-ethyl adjacent to an activating group) is 2. The highest BCUT2D eigenvalue weighted by atomic mass is 16.5. The molecule has 1 aromatic rings. The fourth-order valence-electron chi connectivity index (χ4n) is 2.77. The minimum absolute atomic E-state index is 0.0438. The highest BCUT2D eigenvalue weighted by Gasteiger charge is 2.26. The number of amides is 1. The van der Waals surface area contributed by atoms with E-state index in [4.69, 9.17) is 4.74 Å². The number of carbonyl (C=O) groups excluding carboxylic acids is 1. The molecular weight excluding hydrogens is 278 g/mol. The number of hydrogen-bond donors (Lipinski definition) is 1. The molecule has 0 fully saturated rings. The molecular formula is C17H27N3O2. The van der Waals surface area contributed by atoms with Crippen LogP contribution in [0.25, 0.3) is 0 Å². The summed E-state index contributed by atoms with van der Waals surface area (Å²) in [5.41, 5.74) is 2.04. The summed E-state index contributed by atoms with van der Waals surface area (Å²) in [6, 6.07) is 6.07. The van der Waals surface area contributed by atoms with E-state index in [-0.39, 0.29) is 17.9 Å². The Kier molecular flexibility index (Phi) is 5.29. The number of carbonyl (C=O) groups is 1. The molecule has 0 bridgehead atoms. The van der Waals surface area contributed by atoms with Crippen LogP contribution in [0.4, 0.5) is 5.69 Å². The molecule has 1 aliphatic rings. The molecule has 5 nitrogen and oxygen atoms in total. The van der Waals surface area contributed by atoms with Gasteiger partial charge in [-0.05, 0) is 25.2 Å². The summed E-state index contributed by atoms with van der Waals surface area (Å²) in [4.78, 5) is 16.3. The molecule has 0 radical (unpaired) electrons. The Morgan fingerprint density at radius 2 is 2.14 bits per heavy atom. The maximum absolute atomic E-state index is 12.4. The van der Waals surface area contributed by atoms with Crippen molar-refractivity contribution in [3.8, 4) is 5.75 Å². The van der Waals surface area contributed by atoms with Crippen LogP contribution in [-0.4, -0.2) is 58.2 Å². The van der Waals surface area contributed by atoms with E-state index in [1.807, 2.05) is 56.2 Å².